The summed E-state index contributed by atoms with van der Waals surface area (Å²) in [4.78, 5) is 23.8. The minimum Gasteiger partial charge on any atom is -0.444 e. The molecule has 0 bridgehead atoms. The second-order valence-corrected chi connectivity index (χ2v) is 5.85. The summed E-state index contributed by atoms with van der Waals surface area (Å²) in [7, 11) is 0. The molecule has 1 fully saturated rings. The number of benzene rings is 1. The number of ether oxygens (including phenoxy) is 1. The second-order valence-electron chi connectivity index (χ2n) is 5.85. The summed E-state index contributed by atoms with van der Waals surface area (Å²) in [6, 6.07) is -0.345. The van der Waals surface area contributed by atoms with Crippen LogP contribution in [0.5, 0.6) is 0 Å². The van der Waals surface area contributed by atoms with Gasteiger partial charge in [-0.25, -0.2) is 26.7 Å². The van der Waals surface area contributed by atoms with Crippen LogP contribution in [0, 0.1) is 29.1 Å². The van der Waals surface area contributed by atoms with Crippen molar-refractivity contribution in [2.24, 2.45) is 0 Å². The van der Waals surface area contributed by atoms with E-state index in [4.69, 9.17) is 0 Å². The Bertz CT molecular complexity index is 703. The minimum absolute atomic E-state index is 0.345. The number of carbonyl (C=O) groups excluding carboxylic acids is 2. The summed E-state index contributed by atoms with van der Waals surface area (Å²) >= 11 is 0. The Labute approximate surface area is 146 Å². The van der Waals surface area contributed by atoms with E-state index < -0.39 is 52.6 Å². The molecule has 0 saturated heterocycles. The SMILES string of the molecule is C=CC(=O)OC(C(=O)NC1CCCCC1)c1c(F)c(F)c(F)c(F)c1F. The molecular weight excluding hydrogens is 361 g/mol. The first kappa shape index (κ1) is 19.9. The van der Waals surface area contributed by atoms with Crippen molar-refractivity contribution >= 4 is 11.9 Å². The van der Waals surface area contributed by atoms with Crippen LogP contribution in [0.3, 0.4) is 0 Å². The van der Waals surface area contributed by atoms with Gasteiger partial charge in [0.25, 0.3) is 5.91 Å². The van der Waals surface area contributed by atoms with Crippen molar-refractivity contribution in [1.29, 1.82) is 0 Å². The number of amides is 1. The first-order chi connectivity index (χ1) is 12.3. The highest BCUT2D eigenvalue weighted by atomic mass is 19.2. The Kier molecular flexibility index (Phi) is 6.33. The van der Waals surface area contributed by atoms with Crippen LogP contribution in [0.15, 0.2) is 12.7 Å². The molecule has 0 radical (unpaired) electrons. The molecule has 1 atom stereocenters. The van der Waals surface area contributed by atoms with Gasteiger partial charge in [0, 0.05) is 12.1 Å². The fourth-order valence-electron chi connectivity index (χ4n) is 2.78. The molecule has 2 rings (SSSR count). The van der Waals surface area contributed by atoms with E-state index in [1.54, 1.807) is 0 Å². The van der Waals surface area contributed by atoms with Crippen molar-refractivity contribution in [2.45, 2.75) is 44.2 Å². The third-order valence-corrected chi connectivity index (χ3v) is 4.10. The maximum Gasteiger partial charge on any atom is 0.331 e. The van der Waals surface area contributed by atoms with Crippen molar-refractivity contribution in [3.05, 3.63) is 47.3 Å². The summed E-state index contributed by atoms with van der Waals surface area (Å²) < 4.78 is 72.8. The molecule has 26 heavy (non-hydrogen) atoms. The van der Waals surface area contributed by atoms with Crippen LogP contribution >= 0.6 is 0 Å². The Morgan fingerprint density at radius 2 is 1.46 bits per heavy atom. The van der Waals surface area contributed by atoms with E-state index in [0.717, 1.165) is 19.3 Å². The van der Waals surface area contributed by atoms with Gasteiger partial charge in [0.1, 0.15) is 0 Å². The Hall–Kier alpha value is -2.45. The van der Waals surface area contributed by atoms with Gasteiger partial charge in [0.2, 0.25) is 11.9 Å². The van der Waals surface area contributed by atoms with Gasteiger partial charge >= 0.3 is 5.97 Å². The summed E-state index contributed by atoms with van der Waals surface area (Å²) in [6.07, 6.45) is 2.02. The minimum atomic E-state index is -2.37. The van der Waals surface area contributed by atoms with Crippen LogP contribution in [0.2, 0.25) is 0 Å². The highest BCUT2D eigenvalue weighted by Gasteiger charge is 2.37. The molecule has 1 aliphatic rings. The predicted octanol–water partition coefficient (Wildman–Crippen LogP) is 3.60. The van der Waals surface area contributed by atoms with E-state index in [2.05, 4.69) is 16.6 Å². The van der Waals surface area contributed by atoms with Crippen molar-refractivity contribution in [3.8, 4) is 0 Å². The molecule has 0 aliphatic heterocycles. The number of carbonyl (C=O) groups is 2. The Balaban J connectivity index is 2.43. The van der Waals surface area contributed by atoms with E-state index in [9.17, 15) is 31.5 Å². The zero-order valence-electron chi connectivity index (χ0n) is 13.6. The van der Waals surface area contributed by atoms with Gasteiger partial charge in [-0.05, 0) is 12.8 Å². The van der Waals surface area contributed by atoms with Gasteiger partial charge in [-0.3, -0.25) is 4.79 Å². The normalized spacial score (nSPS) is 16.0. The Morgan fingerprint density at radius 3 is 1.96 bits per heavy atom. The van der Waals surface area contributed by atoms with Crippen molar-refractivity contribution < 1.29 is 36.3 Å². The molecule has 9 heteroatoms. The number of hydrogen-bond acceptors (Lipinski definition) is 3. The molecule has 142 valence electrons. The number of nitrogens with one attached hydrogen (secondary N) is 1. The molecule has 1 aromatic rings. The molecule has 1 aliphatic carbocycles. The highest BCUT2D eigenvalue weighted by Crippen LogP contribution is 2.30. The smallest absolute Gasteiger partial charge is 0.331 e. The van der Waals surface area contributed by atoms with Crippen LogP contribution in [0.4, 0.5) is 22.0 Å². The second kappa shape index (κ2) is 8.29. The van der Waals surface area contributed by atoms with E-state index >= 15 is 0 Å². The van der Waals surface area contributed by atoms with Crippen LogP contribution < -0.4 is 5.32 Å². The fraction of sp³-hybridized carbons (Fsp3) is 0.412. The molecule has 1 amide bonds. The molecule has 0 spiro atoms. The lowest BCUT2D eigenvalue weighted by molar-refractivity contribution is -0.152. The van der Waals surface area contributed by atoms with Crippen LogP contribution in [-0.2, 0) is 14.3 Å². The van der Waals surface area contributed by atoms with Crippen LogP contribution in [0.25, 0.3) is 0 Å². The standard InChI is InChI=1S/C17H16F5NO3/c1-2-9(24)26-16(17(25)23-8-6-4-3-5-7-8)10-11(18)13(20)15(22)14(21)12(10)19/h2,8,16H,1,3-7H2,(H,23,25). The maximum absolute atomic E-state index is 14.0. The van der Waals surface area contributed by atoms with Crippen LogP contribution in [-0.4, -0.2) is 17.9 Å². The van der Waals surface area contributed by atoms with Crippen molar-refractivity contribution in [1.82, 2.24) is 5.32 Å². The van der Waals surface area contributed by atoms with Gasteiger partial charge in [0.15, 0.2) is 23.3 Å². The zero-order chi connectivity index (χ0) is 19.4. The number of halogens is 5. The average Bonchev–Trinajstić information content (AvgIpc) is 2.64. The Morgan fingerprint density at radius 1 is 0.962 bits per heavy atom. The lowest BCUT2D eigenvalue weighted by Crippen LogP contribution is -2.41. The van der Waals surface area contributed by atoms with E-state index in [0.29, 0.717) is 18.9 Å². The molecule has 1 saturated carbocycles. The highest BCUT2D eigenvalue weighted by molar-refractivity contribution is 5.88. The van der Waals surface area contributed by atoms with E-state index in [1.807, 2.05) is 0 Å². The summed E-state index contributed by atoms with van der Waals surface area (Å²) in [5, 5.41) is 2.43. The molecule has 0 heterocycles. The quantitative estimate of drug-likeness (QED) is 0.281. The molecular formula is C17H16F5NO3. The maximum atomic E-state index is 14.0. The molecule has 4 nitrogen and oxygen atoms in total. The molecule has 1 aromatic carbocycles. The van der Waals surface area contributed by atoms with Gasteiger partial charge in [-0.1, -0.05) is 25.8 Å². The van der Waals surface area contributed by atoms with Gasteiger partial charge in [-0.15, -0.1) is 0 Å². The first-order valence-corrected chi connectivity index (χ1v) is 7.92. The summed E-state index contributed by atoms with van der Waals surface area (Å²) in [6.45, 7) is 3.07. The lowest BCUT2D eigenvalue weighted by atomic mass is 9.95. The topological polar surface area (TPSA) is 55.4 Å². The van der Waals surface area contributed by atoms with E-state index in [1.165, 1.54) is 0 Å². The summed E-state index contributed by atoms with van der Waals surface area (Å²) in [5.74, 6) is -13.7. The summed E-state index contributed by atoms with van der Waals surface area (Å²) in [5.41, 5.74) is -1.52. The average molecular weight is 377 g/mol. The van der Waals surface area contributed by atoms with E-state index in [-0.39, 0.29) is 6.04 Å². The third kappa shape index (κ3) is 4.03. The zero-order valence-corrected chi connectivity index (χ0v) is 13.6. The predicted molar refractivity (Wildman–Crippen MR) is 80.3 cm³/mol. The van der Waals surface area contributed by atoms with Gasteiger partial charge in [-0.2, -0.15) is 0 Å². The largest absolute Gasteiger partial charge is 0.444 e. The third-order valence-electron chi connectivity index (χ3n) is 4.10. The molecule has 1 unspecified atom stereocenters. The van der Waals surface area contributed by atoms with Gasteiger partial charge in [0.05, 0.1) is 5.56 Å². The molecule has 0 aromatic heterocycles. The number of hydrogen-bond donors (Lipinski definition) is 1. The van der Waals surface area contributed by atoms with Gasteiger partial charge < -0.3 is 10.1 Å². The lowest BCUT2D eigenvalue weighted by Gasteiger charge is -2.26. The van der Waals surface area contributed by atoms with Crippen molar-refractivity contribution in [3.63, 3.8) is 0 Å². The first-order valence-electron chi connectivity index (χ1n) is 7.92. The number of rotatable bonds is 5. The number of esters is 1. The van der Waals surface area contributed by atoms with Crippen LogP contribution in [0.1, 0.15) is 43.8 Å². The van der Waals surface area contributed by atoms with Crippen molar-refractivity contribution in [2.75, 3.05) is 0 Å². The monoisotopic (exact) mass is 377 g/mol. The molecule has 1 N–H and O–H groups in total. The fourth-order valence-corrected chi connectivity index (χ4v) is 2.78.